The van der Waals surface area contributed by atoms with Crippen molar-refractivity contribution < 1.29 is 9.59 Å². The molecule has 9 heteroatoms. The van der Waals surface area contributed by atoms with E-state index in [9.17, 15) is 9.59 Å². The van der Waals surface area contributed by atoms with Crippen LogP contribution in [0.4, 0.5) is 11.4 Å². The summed E-state index contributed by atoms with van der Waals surface area (Å²) in [7, 11) is 0. The first-order valence-corrected chi connectivity index (χ1v) is 12.4. The maximum absolute atomic E-state index is 12.1. The summed E-state index contributed by atoms with van der Waals surface area (Å²) in [5.41, 5.74) is 9.88. The van der Waals surface area contributed by atoms with Crippen molar-refractivity contribution in [1.29, 1.82) is 5.26 Å². The number of imide groups is 1. The molecule has 2 heterocycles. The van der Waals surface area contributed by atoms with Gasteiger partial charge in [0.05, 0.1) is 23.6 Å². The minimum Gasteiger partial charge on any atom is -0.399 e. The third kappa shape index (κ3) is 5.84. The van der Waals surface area contributed by atoms with Gasteiger partial charge >= 0.3 is 0 Å². The van der Waals surface area contributed by atoms with Crippen LogP contribution in [0.15, 0.2) is 85.5 Å². The number of anilines is 1. The van der Waals surface area contributed by atoms with Crippen LogP contribution in [-0.4, -0.2) is 26.6 Å². The van der Waals surface area contributed by atoms with Crippen LogP contribution in [0.25, 0.3) is 4.85 Å². The van der Waals surface area contributed by atoms with Gasteiger partial charge in [-0.25, -0.2) is 14.5 Å². The second-order valence-electron chi connectivity index (χ2n) is 9.15. The van der Waals surface area contributed by atoms with E-state index in [0.717, 1.165) is 16.7 Å². The van der Waals surface area contributed by atoms with E-state index >= 15 is 0 Å². The van der Waals surface area contributed by atoms with Crippen LogP contribution < -0.4 is 11.1 Å². The number of carbonyl (C=O) groups is 2. The lowest BCUT2D eigenvalue weighted by atomic mass is 9.72. The van der Waals surface area contributed by atoms with Crippen LogP contribution in [0.1, 0.15) is 54.5 Å². The van der Waals surface area contributed by atoms with Crippen LogP contribution in [0.3, 0.4) is 0 Å². The van der Waals surface area contributed by atoms with E-state index in [1.54, 1.807) is 47.4 Å². The lowest BCUT2D eigenvalue weighted by Gasteiger charge is -2.34. The fraction of sp³-hybridized carbons (Fsp3) is 0.200. The number of nitrogens with one attached hydrogen (secondary N) is 1. The van der Waals surface area contributed by atoms with Crippen molar-refractivity contribution in [2.24, 2.45) is 0 Å². The zero-order valence-corrected chi connectivity index (χ0v) is 21.4. The van der Waals surface area contributed by atoms with Gasteiger partial charge in [-0.05, 0) is 53.8 Å². The molecule has 194 valence electrons. The first-order chi connectivity index (χ1) is 18.9. The molecule has 1 aromatic heterocycles. The first kappa shape index (κ1) is 26.8. The van der Waals surface area contributed by atoms with Crippen molar-refractivity contribution in [3.8, 4) is 6.07 Å². The highest BCUT2D eigenvalue weighted by Crippen LogP contribution is 2.36. The van der Waals surface area contributed by atoms with Crippen molar-refractivity contribution in [3.63, 3.8) is 0 Å². The molecule has 1 aliphatic heterocycles. The molecular weight excluding hydrogens is 490 g/mol. The van der Waals surface area contributed by atoms with Crippen LogP contribution in [0, 0.1) is 17.9 Å². The van der Waals surface area contributed by atoms with Crippen molar-refractivity contribution in [3.05, 3.63) is 119 Å². The Morgan fingerprint density at radius 1 is 1.08 bits per heavy atom. The molecule has 2 atom stereocenters. The normalized spacial score (nSPS) is 17.1. The monoisotopic (exact) mass is 517 g/mol. The summed E-state index contributed by atoms with van der Waals surface area (Å²) < 4.78 is 1.76. The van der Waals surface area contributed by atoms with Gasteiger partial charge in [-0.3, -0.25) is 14.9 Å². The second kappa shape index (κ2) is 11.8. The molecule has 5 rings (SSSR count). The number of aromatic nitrogens is 3. The average molecular weight is 518 g/mol. The Morgan fingerprint density at radius 2 is 1.72 bits per heavy atom. The van der Waals surface area contributed by atoms with Crippen molar-refractivity contribution in [2.75, 3.05) is 5.73 Å². The van der Waals surface area contributed by atoms with E-state index in [-0.39, 0.29) is 17.9 Å². The number of nitrogen functional groups attached to an aromatic ring is 1. The molecule has 0 spiro atoms. The summed E-state index contributed by atoms with van der Waals surface area (Å²) in [4.78, 5) is 30.7. The topological polar surface area (TPSA) is 131 Å². The lowest BCUT2D eigenvalue weighted by molar-refractivity contribution is -0.138. The fourth-order valence-electron chi connectivity index (χ4n) is 4.69. The molecular formula is C30H27N7O2. The Hall–Kier alpha value is -5.28. The average Bonchev–Trinajstić information content (AvgIpc) is 3.50. The van der Waals surface area contributed by atoms with Crippen molar-refractivity contribution in [1.82, 2.24) is 20.1 Å². The molecule has 0 bridgehead atoms. The van der Waals surface area contributed by atoms with Crippen LogP contribution in [0.2, 0.25) is 0 Å². The summed E-state index contributed by atoms with van der Waals surface area (Å²) in [6.45, 7) is 9.00. The zero-order valence-electron chi connectivity index (χ0n) is 21.4. The zero-order chi connectivity index (χ0) is 27.8. The quantitative estimate of drug-likeness (QED) is 0.224. The van der Waals surface area contributed by atoms with E-state index in [2.05, 4.69) is 26.3 Å². The van der Waals surface area contributed by atoms with Gasteiger partial charge in [0, 0.05) is 12.1 Å². The molecule has 1 fully saturated rings. The van der Waals surface area contributed by atoms with Gasteiger partial charge in [0.1, 0.15) is 18.7 Å². The number of rotatable bonds is 5. The largest absolute Gasteiger partial charge is 0.399 e. The Balaban J connectivity index is 0.000000187. The molecule has 4 aromatic rings. The predicted molar refractivity (Wildman–Crippen MR) is 146 cm³/mol. The van der Waals surface area contributed by atoms with Gasteiger partial charge in [-0.1, -0.05) is 55.5 Å². The van der Waals surface area contributed by atoms with Crippen molar-refractivity contribution >= 4 is 23.2 Å². The molecule has 1 saturated heterocycles. The number of hydrogen-bond donors (Lipinski definition) is 2. The number of nitriles is 1. The fourth-order valence-corrected chi connectivity index (χ4v) is 4.69. The summed E-state index contributed by atoms with van der Waals surface area (Å²) in [6.07, 6.45) is 4.79. The molecule has 0 aliphatic carbocycles. The maximum Gasteiger partial charge on any atom is 0.237 e. The van der Waals surface area contributed by atoms with E-state index in [4.69, 9.17) is 17.6 Å². The summed E-state index contributed by atoms with van der Waals surface area (Å²) in [5.74, 6) is -0.379. The van der Waals surface area contributed by atoms with E-state index < -0.39 is 5.41 Å². The highest BCUT2D eigenvalue weighted by molar-refractivity contribution is 6.03. The number of carbonyl (C=O) groups excluding carboxylic acids is 2. The molecule has 39 heavy (non-hydrogen) atoms. The maximum atomic E-state index is 12.1. The Kier molecular flexibility index (Phi) is 8.13. The molecule has 2 amide bonds. The predicted octanol–water partition coefficient (Wildman–Crippen LogP) is 4.69. The highest BCUT2D eigenvalue weighted by atomic mass is 16.2. The van der Waals surface area contributed by atoms with Crippen LogP contribution in [0.5, 0.6) is 0 Å². The van der Waals surface area contributed by atoms with Gasteiger partial charge in [0.2, 0.25) is 11.8 Å². The molecule has 3 aromatic carbocycles. The van der Waals surface area contributed by atoms with Crippen molar-refractivity contribution in [2.45, 2.75) is 37.6 Å². The third-order valence-electron chi connectivity index (χ3n) is 6.93. The minimum atomic E-state index is -0.582. The number of hydrogen-bond acceptors (Lipinski definition) is 6. The van der Waals surface area contributed by atoms with Crippen LogP contribution >= 0.6 is 0 Å². The molecule has 9 nitrogen and oxygen atoms in total. The molecule has 2 unspecified atom stereocenters. The second-order valence-corrected chi connectivity index (χ2v) is 9.15. The van der Waals surface area contributed by atoms with Gasteiger partial charge in [0.25, 0.3) is 0 Å². The number of benzene rings is 3. The standard InChI is InChI=1S/C17H11N5.C13H16N2O2/c1-19-16-8-6-15(7-9-16)17(22-12-20-11-21-22)14-4-2-13(10-18)3-5-14;1-2-13(8-7-11(16)15-12(13)17)9-3-5-10(14)6-4-9/h2-9,11-12,17H;3-6H,2,7-8,14H2,1H3,(H,15,16,17). The Morgan fingerprint density at radius 3 is 2.23 bits per heavy atom. The molecule has 0 radical (unpaired) electrons. The molecule has 1 aliphatic rings. The van der Waals surface area contributed by atoms with E-state index in [1.165, 1.54) is 6.33 Å². The first-order valence-electron chi connectivity index (χ1n) is 12.4. The number of nitrogens with two attached hydrogens (primary N) is 1. The minimum absolute atomic E-state index is 0.143. The molecule has 0 saturated carbocycles. The number of nitrogens with zero attached hydrogens (tertiary/aromatic N) is 5. The smallest absolute Gasteiger partial charge is 0.237 e. The van der Waals surface area contributed by atoms with E-state index in [0.29, 0.717) is 36.2 Å². The van der Waals surface area contributed by atoms with Crippen LogP contribution in [-0.2, 0) is 15.0 Å². The SMILES string of the molecule is CCC1(c2ccc(N)cc2)CCC(=O)NC1=O.[C-]#[N+]c1ccc(C(c2ccc(C#N)cc2)n2cncn2)cc1. The number of amides is 2. The Labute approximate surface area is 226 Å². The van der Waals surface area contributed by atoms with Gasteiger partial charge in [-0.2, -0.15) is 10.4 Å². The summed E-state index contributed by atoms with van der Waals surface area (Å²) >= 11 is 0. The Bertz CT molecular complexity index is 1460. The highest BCUT2D eigenvalue weighted by Gasteiger charge is 2.42. The summed E-state index contributed by atoms with van der Waals surface area (Å²) in [5, 5.41) is 15.6. The van der Waals surface area contributed by atoms with Gasteiger partial charge in [-0.15, -0.1) is 0 Å². The third-order valence-corrected chi connectivity index (χ3v) is 6.93. The van der Waals surface area contributed by atoms with Gasteiger partial charge in [0.15, 0.2) is 5.69 Å². The van der Waals surface area contributed by atoms with E-state index in [1.807, 2.05) is 43.3 Å². The summed E-state index contributed by atoms with van der Waals surface area (Å²) in [6, 6.07) is 24.1. The number of piperidine rings is 1. The van der Waals surface area contributed by atoms with Gasteiger partial charge < -0.3 is 5.73 Å². The molecule has 3 N–H and O–H groups in total. The lowest BCUT2D eigenvalue weighted by Crippen LogP contribution is -2.51.